The van der Waals surface area contributed by atoms with E-state index >= 15 is 0 Å². The molecule has 1 aromatic carbocycles. The molecule has 0 radical (unpaired) electrons. The molecular formula is C13H14N2S. The normalized spacial score (nSPS) is 10.4. The average Bonchev–Trinajstić information content (AvgIpc) is 2.28. The topological polar surface area (TPSA) is 38.9 Å². The Morgan fingerprint density at radius 3 is 2.44 bits per heavy atom. The Labute approximate surface area is 99.9 Å². The number of benzene rings is 1. The van der Waals surface area contributed by atoms with Crippen LogP contribution in [0.2, 0.25) is 0 Å². The van der Waals surface area contributed by atoms with Crippen molar-refractivity contribution in [2.75, 3.05) is 5.73 Å². The van der Waals surface area contributed by atoms with Crippen LogP contribution in [0.3, 0.4) is 0 Å². The second-order valence-corrected chi connectivity index (χ2v) is 4.82. The zero-order valence-electron chi connectivity index (χ0n) is 9.40. The van der Waals surface area contributed by atoms with E-state index in [2.05, 4.69) is 36.2 Å². The molecule has 0 saturated carbocycles. The molecule has 2 aromatic rings. The molecule has 2 N–H and O–H groups in total. The van der Waals surface area contributed by atoms with Gasteiger partial charge in [-0.05, 0) is 37.6 Å². The lowest BCUT2D eigenvalue weighted by Gasteiger charge is -2.06. The molecule has 0 spiro atoms. The van der Waals surface area contributed by atoms with Crippen molar-refractivity contribution in [1.82, 2.24) is 4.98 Å². The zero-order valence-corrected chi connectivity index (χ0v) is 10.2. The maximum atomic E-state index is 5.98. The van der Waals surface area contributed by atoms with Gasteiger partial charge in [0.05, 0.1) is 5.69 Å². The van der Waals surface area contributed by atoms with Gasteiger partial charge in [0.2, 0.25) is 0 Å². The quantitative estimate of drug-likeness (QED) is 0.859. The highest BCUT2D eigenvalue weighted by Crippen LogP contribution is 2.31. The van der Waals surface area contributed by atoms with Crippen LogP contribution in [0.15, 0.2) is 46.5 Å². The Bertz CT molecular complexity index is 492. The summed E-state index contributed by atoms with van der Waals surface area (Å²) in [4.78, 5) is 5.46. The van der Waals surface area contributed by atoms with E-state index in [9.17, 15) is 0 Å². The lowest BCUT2D eigenvalue weighted by atomic mass is 10.2. The lowest BCUT2D eigenvalue weighted by molar-refractivity contribution is 1.12. The highest BCUT2D eigenvalue weighted by Gasteiger charge is 2.04. The van der Waals surface area contributed by atoms with Crippen LogP contribution >= 0.6 is 11.8 Å². The number of nitrogens with two attached hydrogens (primary N) is 1. The van der Waals surface area contributed by atoms with Crippen LogP contribution in [-0.2, 0) is 0 Å². The molecule has 0 saturated heterocycles. The van der Waals surface area contributed by atoms with Crippen LogP contribution in [0.4, 0.5) is 5.69 Å². The Hall–Kier alpha value is -1.48. The highest BCUT2D eigenvalue weighted by atomic mass is 32.2. The van der Waals surface area contributed by atoms with Gasteiger partial charge in [-0.25, -0.2) is 4.98 Å². The maximum Gasteiger partial charge on any atom is 0.124 e. The number of hydrogen-bond acceptors (Lipinski definition) is 3. The van der Waals surface area contributed by atoms with E-state index < -0.39 is 0 Å². The third-order valence-electron chi connectivity index (χ3n) is 2.41. The molecule has 0 amide bonds. The predicted molar refractivity (Wildman–Crippen MR) is 68.7 cm³/mol. The standard InChI is InChI=1S/C13H14N2S/c1-9-3-5-11(6-4-9)16-13-12(14)10(2)7-8-15-13/h3-8H,14H2,1-2H3. The van der Waals surface area contributed by atoms with Gasteiger partial charge in [-0.1, -0.05) is 29.5 Å². The van der Waals surface area contributed by atoms with Gasteiger partial charge in [0.1, 0.15) is 5.03 Å². The number of aromatic nitrogens is 1. The van der Waals surface area contributed by atoms with Gasteiger partial charge in [0, 0.05) is 11.1 Å². The molecule has 3 heteroatoms. The summed E-state index contributed by atoms with van der Waals surface area (Å²) in [6, 6.07) is 10.3. The van der Waals surface area contributed by atoms with E-state index in [4.69, 9.17) is 5.73 Å². The van der Waals surface area contributed by atoms with E-state index in [1.54, 1.807) is 18.0 Å². The van der Waals surface area contributed by atoms with Crippen LogP contribution in [0.25, 0.3) is 0 Å². The van der Waals surface area contributed by atoms with Gasteiger partial charge in [-0.2, -0.15) is 0 Å². The van der Waals surface area contributed by atoms with E-state index in [0.717, 1.165) is 21.2 Å². The van der Waals surface area contributed by atoms with E-state index in [-0.39, 0.29) is 0 Å². The molecule has 82 valence electrons. The van der Waals surface area contributed by atoms with Crippen molar-refractivity contribution in [3.8, 4) is 0 Å². The molecule has 0 bridgehead atoms. The maximum absolute atomic E-state index is 5.98. The Morgan fingerprint density at radius 1 is 1.06 bits per heavy atom. The van der Waals surface area contributed by atoms with E-state index in [1.165, 1.54) is 5.56 Å². The number of aryl methyl sites for hydroxylation is 2. The third kappa shape index (κ3) is 2.36. The SMILES string of the molecule is Cc1ccc(Sc2nccc(C)c2N)cc1. The van der Waals surface area contributed by atoms with Crippen molar-refractivity contribution in [2.45, 2.75) is 23.8 Å². The average molecular weight is 230 g/mol. The van der Waals surface area contributed by atoms with Crippen LogP contribution in [0.1, 0.15) is 11.1 Å². The first kappa shape index (κ1) is 11.0. The van der Waals surface area contributed by atoms with E-state index in [0.29, 0.717) is 0 Å². The summed E-state index contributed by atoms with van der Waals surface area (Å²) in [7, 11) is 0. The molecule has 0 unspecified atom stereocenters. The molecule has 16 heavy (non-hydrogen) atoms. The minimum atomic E-state index is 0.771. The van der Waals surface area contributed by atoms with Crippen LogP contribution in [-0.4, -0.2) is 4.98 Å². The molecule has 0 aliphatic heterocycles. The lowest BCUT2D eigenvalue weighted by Crippen LogP contribution is -1.94. The van der Waals surface area contributed by atoms with Gasteiger partial charge in [-0.3, -0.25) is 0 Å². The fourth-order valence-electron chi connectivity index (χ4n) is 1.34. The predicted octanol–water partition coefficient (Wildman–Crippen LogP) is 3.43. The summed E-state index contributed by atoms with van der Waals surface area (Å²) >= 11 is 1.60. The van der Waals surface area contributed by atoms with Crippen molar-refractivity contribution >= 4 is 17.4 Å². The number of rotatable bonds is 2. The van der Waals surface area contributed by atoms with Crippen molar-refractivity contribution < 1.29 is 0 Å². The Balaban J connectivity index is 2.27. The Kier molecular flexibility index (Phi) is 3.15. The van der Waals surface area contributed by atoms with Crippen LogP contribution in [0, 0.1) is 13.8 Å². The number of nitrogens with zero attached hydrogens (tertiary/aromatic N) is 1. The third-order valence-corrected chi connectivity index (χ3v) is 3.43. The fourth-order valence-corrected chi connectivity index (χ4v) is 2.22. The first-order valence-corrected chi connectivity index (χ1v) is 5.94. The summed E-state index contributed by atoms with van der Waals surface area (Å²) < 4.78 is 0. The molecule has 2 rings (SSSR count). The van der Waals surface area contributed by atoms with Gasteiger partial charge in [0.25, 0.3) is 0 Å². The van der Waals surface area contributed by atoms with Crippen molar-refractivity contribution in [2.24, 2.45) is 0 Å². The van der Waals surface area contributed by atoms with Crippen molar-refractivity contribution in [3.05, 3.63) is 47.7 Å². The summed E-state index contributed by atoms with van der Waals surface area (Å²) in [5.41, 5.74) is 9.08. The second-order valence-electron chi connectivity index (χ2n) is 3.76. The number of nitrogen functional groups attached to an aromatic ring is 1. The first-order chi connectivity index (χ1) is 7.66. The summed E-state index contributed by atoms with van der Waals surface area (Å²) in [5.74, 6) is 0. The van der Waals surface area contributed by atoms with Gasteiger partial charge < -0.3 is 5.73 Å². The van der Waals surface area contributed by atoms with Gasteiger partial charge >= 0.3 is 0 Å². The molecular weight excluding hydrogens is 216 g/mol. The van der Waals surface area contributed by atoms with Crippen molar-refractivity contribution in [3.63, 3.8) is 0 Å². The molecule has 0 atom stereocenters. The van der Waals surface area contributed by atoms with E-state index in [1.807, 2.05) is 13.0 Å². The molecule has 0 aliphatic carbocycles. The second kappa shape index (κ2) is 4.58. The molecule has 0 aliphatic rings. The fraction of sp³-hybridized carbons (Fsp3) is 0.154. The zero-order chi connectivity index (χ0) is 11.5. The minimum Gasteiger partial charge on any atom is -0.396 e. The van der Waals surface area contributed by atoms with Crippen molar-refractivity contribution in [1.29, 1.82) is 0 Å². The van der Waals surface area contributed by atoms with Gasteiger partial charge in [-0.15, -0.1) is 0 Å². The molecule has 0 fully saturated rings. The number of pyridine rings is 1. The number of anilines is 1. The van der Waals surface area contributed by atoms with Crippen LogP contribution < -0.4 is 5.73 Å². The largest absolute Gasteiger partial charge is 0.396 e. The molecule has 1 aromatic heterocycles. The summed E-state index contributed by atoms with van der Waals surface area (Å²) in [6.07, 6.45) is 1.79. The minimum absolute atomic E-state index is 0.771. The molecule has 1 heterocycles. The van der Waals surface area contributed by atoms with Gasteiger partial charge in [0.15, 0.2) is 0 Å². The smallest absolute Gasteiger partial charge is 0.124 e. The summed E-state index contributed by atoms with van der Waals surface area (Å²) in [5, 5.41) is 0.879. The summed E-state index contributed by atoms with van der Waals surface area (Å²) in [6.45, 7) is 4.07. The monoisotopic (exact) mass is 230 g/mol. The Morgan fingerprint density at radius 2 is 1.75 bits per heavy atom. The highest BCUT2D eigenvalue weighted by molar-refractivity contribution is 7.99. The molecule has 2 nitrogen and oxygen atoms in total. The van der Waals surface area contributed by atoms with Crippen LogP contribution in [0.5, 0.6) is 0 Å². The first-order valence-electron chi connectivity index (χ1n) is 5.12. The number of hydrogen-bond donors (Lipinski definition) is 1.